The van der Waals surface area contributed by atoms with Gasteiger partial charge < -0.3 is 20.3 Å². The van der Waals surface area contributed by atoms with Crippen LogP contribution in [-0.2, 0) is 17.7 Å². The van der Waals surface area contributed by atoms with E-state index in [2.05, 4.69) is 41.1 Å². The van der Waals surface area contributed by atoms with Crippen molar-refractivity contribution in [3.05, 3.63) is 53.0 Å². The normalized spacial score (nSPS) is 13.8. The van der Waals surface area contributed by atoms with E-state index in [-0.39, 0.29) is 11.7 Å². The maximum atomic E-state index is 12.6. The summed E-state index contributed by atoms with van der Waals surface area (Å²) >= 11 is 0. The lowest BCUT2D eigenvalue weighted by Crippen LogP contribution is -2.29. The van der Waals surface area contributed by atoms with E-state index < -0.39 is 0 Å². The highest BCUT2D eigenvalue weighted by molar-refractivity contribution is 5.93. The minimum Gasteiger partial charge on any atom is -0.383 e. The number of nitrogen functional groups attached to an aromatic ring is 1. The summed E-state index contributed by atoms with van der Waals surface area (Å²) in [6.07, 6.45) is 5.88. The molecule has 1 amide bonds. The highest BCUT2D eigenvalue weighted by Gasteiger charge is 2.19. The van der Waals surface area contributed by atoms with Gasteiger partial charge in [-0.05, 0) is 49.2 Å². The molecule has 0 unspecified atom stereocenters. The number of aryl methyl sites for hydroxylation is 1. The number of ether oxygens (including phenoxy) is 1. The third-order valence-electron chi connectivity index (χ3n) is 5.85. The molecule has 0 bridgehead atoms. The molecule has 0 atom stereocenters. The van der Waals surface area contributed by atoms with Gasteiger partial charge in [0.25, 0.3) is 5.91 Å². The van der Waals surface area contributed by atoms with Gasteiger partial charge in [-0.1, -0.05) is 0 Å². The van der Waals surface area contributed by atoms with Gasteiger partial charge in [0.15, 0.2) is 11.6 Å². The summed E-state index contributed by atoms with van der Waals surface area (Å²) in [5.74, 6) is 0.497. The van der Waals surface area contributed by atoms with Crippen molar-refractivity contribution in [3.63, 3.8) is 0 Å². The van der Waals surface area contributed by atoms with Gasteiger partial charge in [-0.25, -0.2) is 14.6 Å². The Morgan fingerprint density at radius 2 is 2.12 bits per heavy atom. The number of methoxy groups -OCH3 is 1. The zero-order valence-electron chi connectivity index (χ0n) is 19.0. The second-order valence-electron chi connectivity index (χ2n) is 8.28. The third kappa shape index (κ3) is 4.35. The standard InChI is InChI=1S/C23H29N7O2/c1-15-9-16(10-17-13-28(2)6-5-19(15)17)20-12-25-21(24)22(27-20)30-14-18(11-26-30)23(31)29(3)7-8-32-4/h9-12,14H,5-8,13H2,1-4H3,(H2,24,25). The number of carbonyl (C=O) groups excluding carboxylic acids is 1. The molecule has 168 valence electrons. The van der Waals surface area contributed by atoms with E-state index in [0.717, 1.165) is 25.1 Å². The number of aromatic nitrogens is 4. The molecule has 2 N–H and O–H groups in total. The van der Waals surface area contributed by atoms with Gasteiger partial charge in [-0.3, -0.25) is 4.79 Å². The molecule has 3 heterocycles. The Bertz CT molecular complexity index is 1140. The van der Waals surface area contributed by atoms with E-state index in [1.807, 2.05) is 0 Å². The van der Waals surface area contributed by atoms with Crippen LogP contribution in [0.1, 0.15) is 27.0 Å². The minimum atomic E-state index is -0.148. The largest absolute Gasteiger partial charge is 0.383 e. The topological polar surface area (TPSA) is 102 Å². The van der Waals surface area contributed by atoms with Crippen molar-refractivity contribution in [3.8, 4) is 17.1 Å². The van der Waals surface area contributed by atoms with Crippen LogP contribution in [0.3, 0.4) is 0 Å². The summed E-state index contributed by atoms with van der Waals surface area (Å²) in [5, 5.41) is 4.31. The predicted octanol–water partition coefficient (Wildman–Crippen LogP) is 1.93. The maximum Gasteiger partial charge on any atom is 0.256 e. The quantitative estimate of drug-likeness (QED) is 0.631. The maximum absolute atomic E-state index is 12.6. The average molecular weight is 436 g/mol. The van der Waals surface area contributed by atoms with E-state index in [0.29, 0.717) is 30.2 Å². The highest BCUT2D eigenvalue weighted by atomic mass is 16.5. The van der Waals surface area contributed by atoms with Crippen LogP contribution >= 0.6 is 0 Å². The zero-order valence-corrected chi connectivity index (χ0v) is 19.0. The van der Waals surface area contributed by atoms with Gasteiger partial charge in [-0.2, -0.15) is 5.10 Å². The molecule has 0 fully saturated rings. The second kappa shape index (κ2) is 9.05. The Morgan fingerprint density at radius 3 is 2.91 bits per heavy atom. The first kappa shape index (κ1) is 21.9. The lowest BCUT2D eigenvalue weighted by atomic mass is 9.92. The van der Waals surface area contributed by atoms with Crippen LogP contribution in [0.15, 0.2) is 30.7 Å². The summed E-state index contributed by atoms with van der Waals surface area (Å²) in [6.45, 7) is 5.09. The Kier molecular flexibility index (Phi) is 6.20. The van der Waals surface area contributed by atoms with E-state index in [9.17, 15) is 4.79 Å². The number of fused-ring (bicyclic) bond motifs is 1. The molecular weight excluding hydrogens is 406 g/mol. The minimum absolute atomic E-state index is 0.148. The fraction of sp³-hybridized carbons (Fsp3) is 0.391. The molecule has 2 aromatic heterocycles. The molecule has 0 saturated heterocycles. The summed E-state index contributed by atoms with van der Waals surface area (Å²) in [7, 11) is 5.46. The molecule has 4 rings (SSSR count). The van der Waals surface area contributed by atoms with E-state index >= 15 is 0 Å². The molecule has 9 heteroatoms. The zero-order chi connectivity index (χ0) is 22.8. The fourth-order valence-corrected chi connectivity index (χ4v) is 4.00. The van der Waals surface area contributed by atoms with Crippen LogP contribution in [0, 0.1) is 6.92 Å². The number of anilines is 1. The summed E-state index contributed by atoms with van der Waals surface area (Å²) < 4.78 is 6.54. The number of nitrogens with zero attached hydrogens (tertiary/aromatic N) is 6. The predicted molar refractivity (Wildman–Crippen MR) is 123 cm³/mol. The molecule has 0 saturated carbocycles. The van der Waals surface area contributed by atoms with Gasteiger partial charge in [-0.15, -0.1) is 0 Å². The molecule has 0 radical (unpaired) electrons. The van der Waals surface area contributed by atoms with Crippen molar-refractivity contribution >= 4 is 11.7 Å². The highest BCUT2D eigenvalue weighted by Crippen LogP contribution is 2.29. The number of likely N-dealkylation sites (N-methyl/N-ethyl adjacent to an activating group) is 2. The first-order valence-corrected chi connectivity index (χ1v) is 10.6. The van der Waals surface area contributed by atoms with Crippen LogP contribution in [0.25, 0.3) is 17.1 Å². The van der Waals surface area contributed by atoms with Crippen LogP contribution < -0.4 is 5.73 Å². The van der Waals surface area contributed by atoms with E-state index in [1.54, 1.807) is 31.5 Å². The van der Waals surface area contributed by atoms with Crippen molar-refractivity contribution < 1.29 is 9.53 Å². The number of carbonyl (C=O) groups is 1. The van der Waals surface area contributed by atoms with Crippen molar-refractivity contribution in [1.29, 1.82) is 0 Å². The number of nitrogens with two attached hydrogens (primary N) is 1. The van der Waals surface area contributed by atoms with Crippen LogP contribution in [0.5, 0.6) is 0 Å². The lowest BCUT2D eigenvalue weighted by Gasteiger charge is -2.27. The average Bonchev–Trinajstić information content (AvgIpc) is 3.26. The first-order chi connectivity index (χ1) is 15.4. The summed E-state index contributed by atoms with van der Waals surface area (Å²) in [6, 6.07) is 4.34. The van der Waals surface area contributed by atoms with Crippen LogP contribution in [-0.4, -0.2) is 76.4 Å². The third-order valence-corrected chi connectivity index (χ3v) is 5.85. The molecule has 3 aromatic rings. The van der Waals surface area contributed by atoms with Gasteiger partial charge in [0.2, 0.25) is 0 Å². The molecule has 1 aromatic carbocycles. The van der Waals surface area contributed by atoms with E-state index in [4.69, 9.17) is 15.5 Å². The lowest BCUT2D eigenvalue weighted by molar-refractivity contribution is 0.0744. The molecule has 0 spiro atoms. The van der Waals surface area contributed by atoms with E-state index in [1.165, 1.54) is 27.6 Å². The molecule has 0 aliphatic carbocycles. The Hall–Kier alpha value is -3.30. The number of hydrogen-bond acceptors (Lipinski definition) is 7. The van der Waals surface area contributed by atoms with Gasteiger partial charge in [0.1, 0.15) is 0 Å². The van der Waals surface area contributed by atoms with Crippen molar-refractivity contribution in [2.24, 2.45) is 0 Å². The SMILES string of the molecule is COCCN(C)C(=O)c1cnn(-c2nc(-c3cc(C)c4c(c3)CN(C)CC4)cnc2N)c1. The molecule has 1 aliphatic rings. The van der Waals surface area contributed by atoms with Gasteiger partial charge in [0, 0.05) is 45.6 Å². The second-order valence-corrected chi connectivity index (χ2v) is 8.28. The Labute approximate surface area is 187 Å². The fourth-order valence-electron chi connectivity index (χ4n) is 4.00. The number of hydrogen-bond donors (Lipinski definition) is 1. The first-order valence-electron chi connectivity index (χ1n) is 10.6. The molecule has 9 nitrogen and oxygen atoms in total. The molecule has 1 aliphatic heterocycles. The summed E-state index contributed by atoms with van der Waals surface area (Å²) in [4.78, 5) is 25.6. The molecular formula is C23H29N7O2. The number of benzene rings is 1. The van der Waals surface area contributed by atoms with Crippen LogP contribution in [0.4, 0.5) is 5.82 Å². The summed E-state index contributed by atoms with van der Waals surface area (Å²) in [5.41, 5.74) is 12.3. The van der Waals surface area contributed by atoms with Gasteiger partial charge >= 0.3 is 0 Å². The van der Waals surface area contributed by atoms with Crippen molar-refractivity contribution in [2.45, 2.75) is 19.9 Å². The Balaban J connectivity index is 1.65. The monoisotopic (exact) mass is 435 g/mol. The molecule has 32 heavy (non-hydrogen) atoms. The Morgan fingerprint density at radius 1 is 1.31 bits per heavy atom. The smallest absolute Gasteiger partial charge is 0.256 e. The van der Waals surface area contributed by atoms with Crippen molar-refractivity contribution in [2.75, 3.05) is 46.6 Å². The van der Waals surface area contributed by atoms with Gasteiger partial charge in [0.05, 0.1) is 30.3 Å². The number of rotatable bonds is 6. The number of amides is 1. The van der Waals surface area contributed by atoms with Crippen molar-refractivity contribution in [1.82, 2.24) is 29.5 Å². The van der Waals surface area contributed by atoms with Crippen LogP contribution in [0.2, 0.25) is 0 Å².